The van der Waals surface area contributed by atoms with Crippen LogP contribution in [0.15, 0.2) is 48.9 Å². The first-order valence-corrected chi connectivity index (χ1v) is 9.84. The molecule has 4 aliphatic rings. The predicted molar refractivity (Wildman–Crippen MR) is 106 cm³/mol. The van der Waals surface area contributed by atoms with E-state index < -0.39 is 11.4 Å². The largest absolute Gasteiger partial charge is 0.335 e. The van der Waals surface area contributed by atoms with Gasteiger partial charge in [-0.3, -0.25) is 19.5 Å². The molecular formula is C21H19N7O2. The maximum Gasteiger partial charge on any atom is 0.274 e. The standard InChI is InChI=1S/C21H19N7O2/c1-20-14-15-17(23-9-8-22-15)27(2)19(30)21(20,16(14)20)24-18(29)13-11-28(26-25-13)10-12-6-4-3-5-7-12/h3-9,11,14,16H,10H2,1-2H3,(H,24,29). The van der Waals surface area contributed by atoms with Crippen LogP contribution in [0.3, 0.4) is 0 Å². The van der Waals surface area contributed by atoms with Crippen molar-refractivity contribution < 1.29 is 9.59 Å². The molecular weight excluding hydrogens is 382 g/mol. The lowest BCUT2D eigenvalue weighted by molar-refractivity contribution is -0.123. The molecule has 1 N–H and O–H groups in total. The quantitative estimate of drug-likeness (QED) is 0.699. The smallest absolute Gasteiger partial charge is 0.274 e. The SMILES string of the molecule is CN1C(=O)C2(NC(=O)c3cn(Cc4ccccc4)nn3)C3C(c4nccnc41)C32C. The number of likely N-dealkylation sites (N-methyl/N-ethyl adjacent to an activating group) is 1. The van der Waals surface area contributed by atoms with E-state index in [2.05, 4.69) is 25.6 Å². The molecule has 2 aliphatic heterocycles. The number of nitrogens with one attached hydrogen (secondary N) is 1. The second kappa shape index (κ2) is 5.50. The van der Waals surface area contributed by atoms with E-state index in [0.29, 0.717) is 12.4 Å². The van der Waals surface area contributed by atoms with E-state index in [0.717, 1.165) is 11.3 Å². The highest BCUT2D eigenvalue weighted by Gasteiger charge is 2.98. The summed E-state index contributed by atoms with van der Waals surface area (Å²) in [7, 11) is 1.68. The first-order chi connectivity index (χ1) is 14.5. The predicted octanol–water partition coefficient (Wildman–Crippen LogP) is 0.995. The van der Waals surface area contributed by atoms with Gasteiger partial charge in [0.05, 0.1) is 18.4 Å². The highest BCUT2D eigenvalue weighted by atomic mass is 16.2. The second-order valence-electron chi connectivity index (χ2n) is 8.42. The fourth-order valence-corrected chi connectivity index (χ4v) is 5.33. The average Bonchev–Trinajstić information content (AvgIpc) is 3.45. The molecule has 0 radical (unpaired) electrons. The minimum Gasteiger partial charge on any atom is -0.335 e. The first-order valence-electron chi connectivity index (χ1n) is 9.84. The Kier molecular flexibility index (Phi) is 3.16. The Balaban J connectivity index is 1.25. The molecule has 4 unspecified atom stereocenters. The zero-order chi connectivity index (χ0) is 20.7. The maximum absolute atomic E-state index is 13.3. The monoisotopic (exact) mass is 401 g/mol. The minimum atomic E-state index is -0.935. The van der Waals surface area contributed by atoms with Crippen molar-refractivity contribution in [2.24, 2.45) is 11.3 Å². The van der Waals surface area contributed by atoms with E-state index in [9.17, 15) is 9.59 Å². The van der Waals surface area contributed by atoms with E-state index >= 15 is 0 Å². The van der Waals surface area contributed by atoms with E-state index in [-0.39, 0.29) is 28.9 Å². The summed E-state index contributed by atoms with van der Waals surface area (Å²) in [6.45, 7) is 2.55. The third-order valence-electron chi connectivity index (χ3n) is 6.98. The van der Waals surface area contributed by atoms with Crippen LogP contribution in [0.25, 0.3) is 0 Å². The van der Waals surface area contributed by atoms with Gasteiger partial charge < -0.3 is 5.32 Å². The Hall–Kier alpha value is -3.62. The number of benzene rings is 1. The van der Waals surface area contributed by atoms with Crippen molar-refractivity contribution in [3.8, 4) is 0 Å². The molecule has 9 heteroatoms. The number of amides is 2. The summed E-state index contributed by atoms with van der Waals surface area (Å²) >= 11 is 0. The summed E-state index contributed by atoms with van der Waals surface area (Å²) in [4.78, 5) is 36.6. The first kappa shape index (κ1) is 17.3. The van der Waals surface area contributed by atoms with Crippen molar-refractivity contribution in [1.82, 2.24) is 30.3 Å². The topological polar surface area (TPSA) is 106 Å². The zero-order valence-electron chi connectivity index (χ0n) is 16.5. The molecule has 9 nitrogen and oxygen atoms in total. The molecule has 2 fully saturated rings. The lowest BCUT2D eigenvalue weighted by atomic mass is 9.88. The molecule has 2 saturated carbocycles. The van der Waals surface area contributed by atoms with Gasteiger partial charge in [0.2, 0.25) is 0 Å². The van der Waals surface area contributed by atoms with Crippen LogP contribution >= 0.6 is 0 Å². The Morgan fingerprint density at radius 2 is 1.93 bits per heavy atom. The molecule has 30 heavy (non-hydrogen) atoms. The van der Waals surface area contributed by atoms with Crippen LogP contribution in [0.2, 0.25) is 0 Å². The van der Waals surface area contributed by atoms with Crippen LogP contribution in [0.4, 0.5) is 5.82 Å². The molecule has 2 aliphatic carbocycles. The summed E-state index contributed by atoms with van der Waals surface area (Å²) in [5.74, 6) is 0.180. The fourth-order valence-electron chi connectivity index (χ4n) is 5.33. The molecule has 2 aromatic heterocycles. The van der Waals surface area contributed by atoms with E-state index in [1.54, 1.807) is 30.3 Å². The van der Waals surface area contributed by atoms with Crippen LogP contribution in [-0.4, -0.2) is 49.4 Å². The van der Waals surface area contributed by atoms with Crippen molar-refractivity contribution >= 4 is 17.6 Å². The molecule has 7 rings (SSSR count). The van der Waals surface area contributed by atoms with E-state index in [4.69, 9.17) is 0 Å². The number of fused-ring (bicyclic) bond motifs is 1. The number of hydrogen-bond acceptors (Lipinski definition) is 6. The number of hydrogen-bond donors (Lipinski definition) is 1. The molecule has 150 valence electrons. The molecule has 4 atom stereocenters. The Morgan fingerprint density at radius 1 is 1.20 bits per heavy atom. The molecule has 2 bridgehead atoms. The molecule has 4 heterocycles. The van der Waals surface area contributed by atoms with Crippen molar-refractivity contribution in [1.29, 1.82) is 0 Å². The summed E-state index contributed by atoms with van der Waals surface area (Å²) in [5.41, 5.74) is 0.812. The summed E-state index contributed by atoms with van der Waals surface area (Å²) in [6.07, 6.45) is 4.84. The normalized spacial score (nSPS) is 30.2. The maximum atomic E-state index is 13.3. The van der Waals surface area contributed by atoms with Gasteiger partial charge in [-0.15, -0.1) is 5.10 Å². The third kappa shape index (κ3) is 1.96. The second-order valence-corrected chi connectivity index (χ2v) is 8.42. The van der Waals surface area contributed by atoms with Gasteiger partial charge in [0.15, 0.2) is 11.5 Å². The number of aromatic nitrogens is 5. The van der Waals surface area contributed by atoms with Crippen molar-refractivity contribution in [2.75, 3.05) is 11.9 Å². The Labute approximate surface area is 172 Å². The Bertz CT molecular complexity index is 1210. The lowest BCUT2D eigenvalue weighted by Crippen LogP contribution is -2.56. The lowest BCUT2D eigenvalue weighted by Gasteiger charge is -2.28. The number of carbonyl (C=O) groups excluding carboxylic acids is 2. The number of rotatable bonds is 4. The number of nitrogens with zero attached hydrogens (tertiary/aromatic N) is 6. The fraction of sp³-hybridized carbons (Fsp3) is 0.333. The van der Waals surface area contributed by atoms with Gasteiger partial charge >= 0.3 is 0 Å². The average molecular weight is 401 g/mol. The molecule has 0 saturated heterocycles. The van der Waals surface area contributed by atoms with Gasteiger partial charge in [-0.2, -0.15) is 0 Å². The van der Waals surface area contributed by atoms with E-state index in [1.807, 2.05) is 37.3 Å². The van der Waals surface area contributed by atoms with Crippen molar-refractivity contribution in [3.63, 3.8) is 0 Å². The third-order valence-corrected chi connectivity index (χ3v) is 6.98. The van der Waals surface area contributed by atoms with Gasteiger partial charge in [0.25, 0.3) is 11.8 Å². The van der Waals surface area contributed by atoms with Gasteiger partial charge in [-0.1, -0.05) is 42.5 Å². The highest BCUT2D eigenvalue weighted by molar-refractivity contribution is 6.11. The highest BCUT2D eigenvalue weighted by Crippen LogP contribution is 2.91. The van der Waals surface area contributed by atoms with Crippen molar-refractivity contribution in [3.05, 3.63) is 65.9 Å². The molecule has 1 aromatic carbocycles. The number of carbonyl (C=O) groups is 2. The Morgan fingerprint density at radius 3 is 2.70 bits per heavy atom. The van der Waals surface area contributed by atoms with Gasteiger partial charge in [0, 0.05) is 36.7 Å². The molecule has 0 spiro atoms. The van der Waals surface area contributed by atoms with Gasteiger partial charge in [0.1, 0.15) is 5.54 Å². The number of anilines is 1. The van der Waals surface area contributed by atoms with Crippen molar-refractivity contribution in [2.45, 2.75) is 24.9 Å². The van der Waals surface area contributed by atoms with Crippen LogP contribution < -0.4 is 10.2 Å². The van der Waals surface area contributed by atoms with Gasteiger partial charge in [-0.05, 0) is 5.56 Å². The summed E-state index contributed by atoms with van der Waals surface area (Å²) in [6, 6.07) is 9.82. The molecule has 2 amide bonds. The molecule has 3 aromatic rings. The van der Waals surface area contributed by atoms with Crippen LogP contribution in [0, 0.1) is 11.3 Å². The summed E-state index contributed by atoms with van der Waals surface area (Å²) < 4.78 is 1.62. The van der Waals surface area contributed by atoms with Crippen LogP contribution in [0.5, 0.6) is 0 Å². The van der Waals surface area contributed by atoms with Crippen LogP contribution in [-0.2, 0) is 11.3 Å². The van der Waals surface area contributed by atoms with E-state index in [1.165, 1.54) is 4.90 Å². The minimum absolute atomic E-state index is 0.0289. The zero-order valence-corrected chi connectivity index (χ0v) is 16.5. The van der Waals surface area contributed by atoms with Crippen LogP contribution in [0.1, 0.15) is 34.6 Å². The van der Waals surface area contributed by atoms with Gasteiger partial charge in [-0.25, -0.2) is 9.67 Å². The summed E-state index contributed by atoms with van der Waals surface area (Å²) in [5, 5.41) is 11.1.